The summed E-state index contributed by atoms with van der Waals surface area (Å²) in [5, 5.41) is 10.7. The first-order valence-electron chi connectivity index (χ1n) is 6.37. The van der Waals surface area contributed by atoms with Gasteiger partial charge in [-0.05, 0) is 47.4 Å². The van der Waals surface area contributed by atoms with Crippen LogP contribution in [0.15, 0.2) is 36.4 Å². The summed E-state index contributed by atoms with van der Waals surface area (Å²) >= 11 is 0. The van der Waals surface area contributed by atoms with Gasteiger partial charge in [-0.15, -0.1) is 0 Å². The van der Waals surface area contributed by atoms with Gasteiger partial charge in [0.1, 0.15) is 16.9 Å². The molecule has 1 N–H and O–H groups in total. The largest absolute Gasteiger partial charge is 0.207 e. The lowest BCUT2D eigenvalue weighted by Gasteiger charge is -2.06. The first-order chi connectivity index (χ1) is 9.28. The lowest BCUT2D eigenvalue weighted by atomic mass is 10.0. The highest BCUT2D eigenvalue weighted by Crippen LogP contribution is 2.25. The van der Waals surface area contributed by atoms with Crippen molar-refractivity contribution < 1.29 is 4.39 Å². The predicted octanol–water partition coefficient (Wildman–Crippen LogP) is 3.72. The highest BCUT2D eigenvalue weighted by Gasteiger charge is 2.06. The summed E-state index contributed by atoms with van der Waals surface area (Å²) in [6.45, 7) is 2.05. The van der Waals surface area contributed by atoms with E-state index in [2.05, 4.69) is 15.4 Å². The number of aromatic amines is 1. The molecule has 0 aliphatic carbocycles. The highest BCUT2D eigenvalue weighted by molar-refractivity contribution is 5.81. The Morgan fingerprint density at radius 3 is 2.58 bits per heavy atom. The number of rotatable bonds is 3. The molecule has 1 heterocycles. The molecule has 0 spiro atoms. The van der Waals surface area contributed by atoms with Crippen molar-refractivity contribution in [2.24, 2.45) is 0 Å². The van der Waals surface area contributed by atoms with Gasteiger partial charge < -0.3 is 0 Å². The van der Waals surface area contributed by atoms with E-state index in [9.17, 15) is 4.39 Å². The second kappa shape index (κ2) is 4.80. The third-order valence-corrected chi connectivity index (χ3v) is 3.21. The van der Waals surface area contributed by atoms with Crippen LogP contribution in [-0.4, -0.2) is 15.4 Å². The van der Waals surface area contributed by atoms with Gasteiger partial charge in [-0.1, -0.05) is 25.5 Å². The van der Waals surface area contributed by atoms with E-state index in [-0.39, 0.29) is 5.82 Å². The molecule has 96 valence electrons. The molecule has 3 rings (SSSR count). The van der Waals surface area contributed by atoms with E-state index in [0.717, 1.165) is 40.6 Å². The zero-order valence-electron chi connectivity index (χ0n) is 10.7. The molecular weight excluding hydrogens is 241 g/mol. The van der Waals surface area contributed by atoms with Crippen LogP contribution < -0.4 is 0 Å². The van der Waals surface area contributed by atoms with Crippen LogP contribution in [0.1, 0.15) is 18.9 Å². The molecule has 0 amide bonds. The Morgan fingerprint density at radius 1 is 1.00 bits per heavy atom. The number of H-pyrrole nitrogens is 1. The number of hydrogen-bond acceptors (Lipinski definition) is 2. The minimum Gasteiger partial charge on any atom is -0.207 e. The summed E-state index contributed by atoms with van der Waals surface area (Å²) in [7, 11) is 0. The molecule has 0 atom stereocenters. The topological polar surface area (TPSA) is 41.6 Å². The van der Waals surface area contributed by atoms with Crippen LogP contribution in [0.4, 0.5) is 4.39 Å². The quantitative estimate of drug-likeness (QED) is 0.775. The Labute approximate surface area is 110 Å². The van der Waals surface area contributed by atoms with Crippen molar-refractivity contribution in [2.75, 3.05) is 0 Å². The number of aryl methyl sites for hydroxylation is 1. The van der Waals surface area contributed by atoms with Crippen LogP contribution in [0.25, 0.3) is 22.2 Å². The highest BCUT2D eigenvalue weighted by atomic mass is 19.1. The molecule has 0 unspecified atom stereocenters. The third-order valence-electron chi connectivity index (χ3n) is 3.21. The number of benzene rings is 2. The van der Waals surface area contributed by atoms with Gasteiger partial charge in [0.25, 0.3) is 0 Å². The fraction of sp³-hybridized carbons (Fsp3) is 0.200. The molecule has 3 nitrogen and oxygen atoms in total. The normalized spacial score (nSPS) is 11.1. The first kappa shape index (κ1) is 11.8. The number of halogens is 1. The zero-order chi connectivity index (χ0) is 13.2. The number of aromatic nitrogens is 3. The fourth-order valence-corrected chi connectivity index (χ4v) is 2.24. The van der Waals surface area contributed by atoms with Crippen molar-refractivity contribution in [1.82, 2.24) is 15.4 Å². The van der Waals surface area contributed by atoms with Crippen molar-refractivity contribution >= 4 is 11.0 Å². The maximum atomic E-state index is 13.6. The summed E-state index contributed by atoms with van der Waals surface area (Å²) in [5.74, 6) is -0.131. The standard InChI is InChI=1S/C15H14FN3/c1-2-3-12-8-10(4-6-13(12)16)11-5-7-14-15(9-11)18-19-17-14/h4-9H,2-3H2,1H3,(H,17,18,19). The monoisotopic (exact) mass is 255 g/mol. The Bertz CT molecular complexity index is 718. The van der Waals surface area contributed by atoms with E-state index in [1.54, 1.807) is 6.07 Å². The van der Waals surface area contributed by atoms with Crippen molar-refractivity contribution in [3.05, 3.63) is 47.8 Å². The van der Waals surface area contributed by atoms with Crippen molar-refractivity contribution in [1.29, 1.82) is 0 Å². The second-order valence-corrected chi connectivity index (χ2v) is 4.58. The predicted molar refractivity (Wildman–Crippen MR) is 73.3 cm³/mol. The minimum atomic E-state index is -0.131. The number of hydrogen-bond donors (Lipinski definition) is 1. The Kier molecular flexibility index (Phi) is 2.99. The number of nitrogens with one attached hydrogen (secondary N) is 1. The van der Waals surface area contributed by atoms with E-state index >= 15 is 0 Å². The summed E-state index contributed by atoms with van der Waals surface area (Å²) in [6.07, 6.45) is 1.69. The summed E-state index contributed by atoms with van der Waals surface area (Å²) in [5.41, 5.74) is 4.45. The second-order valence-electron chi connectivity index (χ2n) is 4.58. The Balaban J connectivity index is 2.07. The molecule has 0 fully saturated rings. The van der Waals surface area contributed by atoms with Crippen LogP contribution in [0, 0.1) is 5.82 Å². The van der Waals surface area contributed by atoms with Gasteiger partial charge >= 0.3 is 0 Å². The van der Waals surface area contributed by atoms with Crippen LogP contribution in [0.3, 0.4) is 0 Å². The van der Waals surface area contributed by atoms with Gasteiger partial charge in [0.15, 0.2) is 0 Å². The van der Waals surface area contributed by atoms with Gasteiger partial charge in [-0.25, -0.2) is 4.39 Å². The van der Waals surface area contributed by atoms with Gasteiger partial charge in [-0.2, -0.15) is 15.4 Å². The molecule has 19 heavy (non-hydrogen) atoms. The fourth-order valence-electron chi connectivity index (χ4n) is 2.24. The summed E-state index contributed by atoms with van der Waals surface area (Å²) in [4.78, 5) is 0. The maximum absolute atomic E-state index is 13.6. The average Bonchev–Trinajstić information content (AvgIpc) is 2.89. The molecule has 4 heteroatoms. The molecule has 0 saturated heterocycles. The van der Waals surface area contributed by atoms with Crippen LogP contribution in [0.5, 0.6) is 0 Å². The molecule has 0 radical (unpaired) electrons. The van der Waals surface area contributed by atoms with Crippen molar-refractivity contribution in [2.45, 2.75) is 19.8 Å². The van der Waals surface area contributed by atoms with E-state index in [1.165, 1.54) is 6.07 Å². The smallest absolute Gasteiger partial charge is 0.126 e. The number of nitrogens with zero attached hydrogens (tertiary/aromatic N) is 2. The molecule has 0 saturated carbocycles. The molecule has 3 aromatic rings. The molecular formula is C15H14FN3. The molecule has 0 bridgehead atoms. The Hall–Kier alpha value is -2.23. The maximum Gasteiger partial charge on any atom is 0.126 e. The first-order valence-corrected chi connectivity index (χ1v) is 6.37. The lowest BCUT2D eigenvalue weighted by Crippen LogP contribution is -1.90. The van der Waals surface area contributed by atoms with Crippen LogP contribution in [0.2, 0.25) is 0 Å². The molecule has 0 aliphatic heterocycles. The summed E-state index contributed by atoms with van der Waals surface area (Å²) in [6, 6.07) is 11.1. The SMILES string of the molecule is CCCc1cc(-c2ccc3n[nH]nc3c2)ccc1F. The van der Waals surface area contributed by atoms with E-state index < -0.39 is 0 Å². The van der Waals surface area contributed by atoms with E-state index in [4.69, 9.17) is 0 Å². The average molecular weight is 255 g/mol. The van der Waals surface area contributed by atoms with Gasteiger partial charge in [-0.3, -0.25) is 0 Å². The third kappa shape index (κ3) is 2.21. The van der Waals surface area contributed by atoms with E-state index in [1.807, 2.05) is 31.2 Å². The summed E-state index contributed by atoms with van der Waals surface area (Å²) < 4.78 is 13.6. The van der Waals surface area contributed by atoms with Gasteiger partial charge in [0, 0.05) is 0 Å². The van der Waals surface area contributed by atoms with Crippen LogP contribution >= 0.6 is 0 Å². The van der Waals surface area contributed by atoms with E-state index in [0.29, 0.717) is 0 Å². The van der Waals surface area contributed by atoms with Gasteiger partial charge in [0.2, 0.25) is 0 Å². The van der Waals surface area contributed by atoms with Gasteiger partial charge in [0.05, 0.1) is 0 Å². The van der Waals surface area contributed by atoms with Crippen molar-refractivity contribution in [3.63, 3.8) is 0 Å². The molecule has 1 aromatic heterocycles. The number of fused-ring (bicyclic) bond motifs is 1. The van der Waals surface area contributed by atoms with Crippen molar-refractivity contribution in [3.8, 4) is 11.1 Å². The lowest BCUT2D eigenvalue weighted by molar-refractivity contribution is 0.607. The molecule has 0 aliphatic rings. The zero-order valence-corrected chi connectivity index (χ0v) is 10.7. The molecule has 2 aromatic carbocycles. The minimum absolute atomic E-state index is 0.131. The van der Waals surface area contributed by atoms with Crippen LogP contribution in [-0.2, 0) is 6.42 Å². The Morgan fingerprint density at radius 2 is 1.74 bits per heavy atom.